The Bertz CT molecular complexity index is 420. The van der Waals surface area contributed by atoms with E-state index in [1.165, 1.54) is 18.4 Å². The molecule has 2 aliphatic rings. The molecule has 1 aliphatic heterocycles. The van der Waals surface area contributed by atoms with E-state index in [2.05, 4.69) is 0 Å². The predicted molar refractivity (Wildman–Crippen MR) is 69.9 cm³/mol. The Kier molecular flexibility index (Phi) is 4.56. The van der Waals surface area contributed by atoms with Crippen molar-refractivity contribution in [3.63, 3.8) is 0 Å². The average molecular weight is 261 g/mol. The summed E-state index contributed by atoms with van der Waals surface area (Å²) in [4.78, 5) is 27.0. The second-order valence-corrected chi connectivity index (χ2v) is 5.05. The van der Waals surface area contributed by atoms with Gasteiger partial charge in [-0.05, 0) is 25.7 Å². The number of carbonyl (C=O) groups is 2. The van der Waals surface area contributed by atoms with Crippen molar-refractivity contribution < 1.29 is 9.59 Å². The lowest BCUT2D eigenvalue weighted by molar-refractivity contribution is -0.136. The van der Waals surface area contributed by atoms with Crippen LogP contribution in [0.15, 0.2) is 11.6 Å². The Morgan fingerprint density at radius 1 is 1.11 bits per heavy atom. The van der Waals surface area contributed by atoms with Crippen LogP contribution in [-0.4, -0.2) is 47.8 Å². The third-order valence-corrected chi connectivity index (χ3v) is 3.75. The minimum absolute atomic E-state index is 0.0714. The first-order valence-electron chi connectivity index (χ1n) is 6.84. The molecule has 19 heavy (non-hydrogen) atoms. The molecular formula is C14H19N3O2. The fourth-order valence-electron chi connectivity index (χ4n) is 2.60. The van der Waals surface area contributed by atoms with Crippen LogP contribution in [0.2, 0.25) is 0 Å². The van der Waals surface area contributed by atoms with Crippen molar-refractivity contribution >= 4 is 11.8 Å². The summed E-state index contributed by atoms with van der Waals surface area (Å²) in [6.45, 7) is 2.21. The van der Waals surface area contributed by atoms with Crippen LogP contribution in [0.3, 0.4) is 0 Å². The molecule has 0 aromatic carbocycles. The topological polar surface area (TPSA) is 64.4 Å². The average Bonchev–Trinajstić information content (AvgIpc) is 2.92. The quantitative estimate of drug-likeness (QED) is 0.698. The van der Waals surface area contributed by atoms with Gasteiger partial charge in [-0.1, -0.05) is 5.57 Å². The fraction of sp³-hybridized carbons (Fsp3) is 0.643. The van der Waals surface area contributed by atoms with Crippen molar-refractivity contribution in [1.29, 1.82) is 5.26 Å². The highest BCUT2D eigenvalue weighted by atomic mass is 16.2. The molecule has 1 heterocycles. The lowest BCUT2D eigenvalue weighted by atomic mass is 10.2. The first kappa shape index (κ1) is 13.6. The van der Waals surface area contributed by atoms with Gasteiger partial charge in [0.1, 0.15) is 6.42 Å². The van der Waals surface area contributed by atoms with Gasteiger partial charge in [0.2, 0.25) is 11.8 Å². The van der Waals surface area contributed by atoms with E-state index >= 15 is 0 Å². The highest BCUT2D eigenvalue weighted by Crippen LogP contribution is 2.23. The van der Waals surface area contributed by atoms with Gasteiger partial charge in [-0.3, -0.25) is 9.59 Å². The molecule has 2 amide bonds. The van der Waals surface area contributed by atoms with Gasteiger partial charge in [-0.15, -0.1) is 0 Å². The molecule has 0 atom stereocenters. The van der Waals surface area contributed by atoms with Crippen molar-refractivity contribution in [2.75, 3.05) is 26.2 Å². The maximum atomic E-state index is 12.1. The summed E-state index contributed by atoms with van der Waals surface area (Å²) in [6, 6.07) is 1.87. The Morgan fingerprint density at radius 2 is 1.68 bits per heavy atom. The van der Waals surface area contributed by atoms with E-state index in [9.17, 15) is 9.59 Å². The molecular weight excluding hydrogens is 242 g/mol. The SMILES string of the molecule is N#CCC(=O)N1CCN(C(=O)C=C2CCCC2)CC1. The predicted octanol–water partition coefficient (Wildman–Crippen LogP) is 1.07. The third-order valence-electron chi connectivity index (χ3n) is 3.75. The fourth-order valence-corrected chi connectivity index (χ4v) is 2.60. The minimum Gasteiger partial charge on any atom is -0.338 e. The first-order chi connectivity index (χ1) is 9.20. The van der Waals surface area contributed by atoms with E-state index in [0.717, 1.165) is 12.8 Å². The van der Waals surface area contributed by atoms with Crippen LogP contribution in [0, 0.1) is 11.3 Å². The zero-order chi connectivity index (χ0) is 13.7. The molecule has 0 unspecified atom stereocenters. The van der Waals surface area contributed by atoms with E-state index in [4.69, 9.17) is 5.26 Å². The standard InChI is InChI=1S/C14H19N3O2/c15-6-5-13(18)16-7-9-17(10-8-16)14(19)11-12-3-1-2-4-12/h11H,1-5,7-10H2. The summed E-state index contributed by atoms with van der Waals surface area (Å²) in [5.74, 6) is -0.0620. The summed E-state index contributed by atoms with van der Waals surface area (Å²) >= 11 is 0. The third kappa shape index (κ3) is 3.57. The van der Waals surface area contributed by atoms with Crippen LogP contribution >= 0.6 is 0 Å². The van der Waals surface area contributed by atoms with E-state index in [0.29, 0.717) is 26.2 Å². The summed E-state index contributed by atoms with van der Waals surface area (Å²) in [5.41, 5.74) is 1.26. The molecule has 5 nitrogen and oxygen atoms in total. The first-order valence-corrected chi connectivity index (χ1v) is 6.84. The van der Waals surface area contributed by atoms with Crippen molar-refractivity contribution in [1.82, 2.24) is 9.80 Å². The number of hydrogen-bond acceptors (Lipinski definition) is 3. The molecule has 0 N–H and O–H groups in total. The van der Waals surface area contributed by atoms with Crippen molar-refractivity contribution in [2.45, 2.75) is 32.1 Å². The van der Waals surface area contributed by atoms with Gasteiger partial charge < -0.3 is 9.80 Å². The van der Waals surface area contributed by atoms with Crippen LogP contribution in [0.25, 0.3) is 0 Å². The van der Waals surface area contributed by atoms with Gasteiger partial charge in [-0.2, -0.15) is 5.26 Å². The number of carbonyl (C=O) groups excluding carboxylic acids is 2. The molecule has 1 saturated heterocycles. The normalized spacial score (nSPS) is 19.2. The second-order valence-electron chi connectivity index (χ2n) is 5.05. The highest BCUT2D eigenvalue weighted by Gasteiger charge is 2.23. The van der Waals surface area contributed by atoms with E-state index < -0.39 is 0 Å². The van der Waals surface area contributed by atoms with Crippen molar-refractivity contribution in [2.24, 2.45) is 0 Å². The van der Waals surface area contributed by atoms with Crippen LogP contribution < -0.4 is 0 Å². The van der Waals surface area contributed by atoms with Crippen molar-refractivity contribution in [3.8, 4) is 6.07 Å². The zero-order valence-corrected chi connectivity index (χ0v) is 11.1. The van der Waals surface area contributed by atoms with Gasteiger partial charge in [0, 0.05) is 32.3 Å². The Morgan fingerprint density at radius 3 is 2.26 bits per heavy atom. The molecule has 2 fully saturated rings. The number of hydrogen-bond donors (Lipinski definition) is 0. The Labute approximate surface area is 113 Å². The number of rotatable bonds is 2. The van der Waals surface area contributed by atoms with Crippen LogP contribution in [-0.2, 0) is 9.59 Å². The minimum atomic E-state index is -0.135. The Hall–Kier alpha value is -1.83. The second kappa shape index (κ2) is 6.37. The summed E-state index contributed by atoms with van der Waals surface area (Å²) in [5, 5.41) is 8.50. The van der Waals surface area contributed by atoms with E-state index in [-0.39, 0.29) is 18.2 Å². The largest absolute Gasteiger partial charge is 0.338 e. The highest BCUT2D eigenvalue weighted by molar-refractivity contribution is 5.88. The lowest BCUT2D eigenvalue weighted by Crippen LogP contribution is -2.50. The number of nitrogens with zero attached hydrogens (tertiary/aromatic N) is 3. The molecule has 102 valence electrons. The van der Waals surface area contributed by atoms with Gasteiger partial charge >= 0.3 is 0 Å². The lowest BCUT2D eigenvalue weighted by Gasteiger charge is -2.34. The van der Waals surface area contributed by atoms with Crippen LogP contribution in [0.5, 0.6) is 0 Å². The molecule has 0 radical (unpaired) electrons. The molecule has 0 spiro atoms. The Balaban J connectivity index is 1.83. The molecule has 0 aromatic heterocycles. The maximum Gasteiger partial charge on any atom is 0.246 e. The van der Waals surface area contributed by atoms with Gasteiger partial charge in [0.15, 0.2) is 0 Å². The summed E-state index contributed by atoms with van der Waals surface area (Å²) < 4.78 is 0. The van der Waals surface area contributed by atoms with Crippen LogP contribution in [0.4, 0.5) is 0 Å². The van der Waals surface area contributed by atoms with E-state index in [1.807, 2.05) is 6.07 Å². The van der Waals surface area contributed by atoms with Gasteiger partial charge in [-0.25, -0.2) is 0 Å². The molecule has 0 aromatic rings. The summed E-state index contributed by atoms with van der Waals surface area (Å²) in [6.07, 6.45) is 6.18. The zero-order valence-electron chi connectivity index (χ0n) is 11.1. The molecule has 5 heteroatoms. The van der Waals surface area contributed by atoms with Gasteiger partial charge in [0.05, 0.1) is 6.07 Å². The maximum absolute atomic E-state index is 12.1. The smallest absolute Gasteiger partial charge is 0.246 e. The van der Waals surface area contributed by atoms with Gasteiger partial charge in [0.25, 0.3) is 0 Å². The molecule has 2 rings (SSSR count). The molecule has 1 saturated carbocycles. The van der Waals surface area contributed by atoms with Crippen LogP contribution in [0.1, 0.15) is 32.1 Å². The number of amides is 2. The number of piperazine rings is 1. The molecule has 0 bridgehead atoms. The summed E-state index contributed by atoms with van der Waals surface area (Å²) in [7, 11) is 0. The van der Waals surface area contributed by atoms with E-state index in [1.54, 1.807) is 15.9 Å². The van der Waals surface area contributed by atoms with Crippen molar-refractivity contribution in [3.05, 3.63) is 11.6 Å². The number of allylic oxidation sites excluding steroid dienone is 1. The molecule has 1 aliphatic carbocycles. The number of nitriles is 1. The monoisotopic (exact) mass is 261 g/mol.